The summed E-state index contributed by atoms with van der Waals surface area (Å²) in [6.45, 7) is 0. The third-order valence-corrected chi connectivity index (χ3v) is 5.04. The SMILES string of the molecule is COc1ccc(I)cc1C(O)CC1(CC(=O)O)CCCC1. The van der Waals surface area contributed by atoms with Gasteiger partial charge in [-0.2, -0.15) is 0 Å². The first-order valence-electron chi connectivity index (χ1n) is 7.19. The summed E-state index contributed by atoms with van der Waals surface area (Å²) in [6, 6.07) is 5.69. The van der Waals surface area contributed by atoms with E-state index in [1.54, 1.807) is 7.11 Å². The maximum absolute atomic E-state index is 11.1. The van der Waals surface area contributed by atoms with Crippen LogP contribution in [0.25, 0.3) is 0 Å². The molecular formula is C16H21IO4. The molecule has 2 N–H and O–H groups in total. The monoisotopic (exact) mass is 404 g/mol. The van der Waals surface area contributed by atoms with Gasteiger partial charge in [-0.1, -0.05) is 12.8 Å². The highest BCUT2D eigenvalue weighted by molar-refractivity contribution is 14.1. The van der Waals surface area contributed by atoms with E-state index in [0.717, 1.165) is 34.8 Å². The van der Waals surface area contributed by atoms with Gasteiger partial charge in [0.05, 0.1) is 19.6 Å². The second kappa shape index (κ2) is 6.96. The Morgan fingerprint density at radius 2 is 2.10 bits per heavy atom. The minimum Gasteiger partial charge on any atom is -0.496 e. The van der Waals surface area contributed by atoms with E-state index in [1.165, 1.54) is 0 Å². The summed E-state index contributed by atoms with van der Waals surface area (Å²) < 4.78 is 6.35. The number of carbonyl (C=O) groups is 1. The van der Waals surface area contributed by atoms with Gasteiger partial charge in [-0.3, -0.25) is 4.79 Å². The molecule has 1 saturated carbocycles. The molecule has 0 spiro atoms. The Morgan fingerprint density at radius 3 is 2.67 bits per heavy atom. The Labute approximate surface area is 138 Å². The van der Waals surface area contributed by atoms with Gasteiger partial charge < -0.3 is 14.9 Å². The van der Waals surface area contributed by atoms with Crippen molar-refractivity contribution in [3.63, 3.8) is 0 Å². The normalized spacial score (nSPS) is 18.4. The lowest BCUT2D eigenvalue weighted by Crippen LogP contribution is -2.24. The zero-order valence-electron chi connectivity index (χ0n) is 12.1. The van der Waals surface area contributed by atoms with Crippen LogP contribution in [0.4, 0.5) is 0 Å². The number of rotatable bonds is 6. The Hall–Kier alpha value is -0.820. The van der Waals surface area contributed by atoms with E-state index in [1.807, 2.05) is 18.2 Å². The molecule has 116 valence electrons. The molecule has 1 fully saturated rings. The first-order valence-corrected chi connectivity index (χ1v) is 8.27. The fourth-order valence-electron chi connectivity index (χ4n) is 3.38. The molecular weight excluding hydrogens is 383 g/mol. The number of carboxylic acids is 1. The third kappa shape index (κ3) is 4.10. The van der Waals surface area contributed by atoms with Crippen LogP contribution in [0.5, 0.6) is 5.75 Å². The summed E-state index contributed by atoms with van der Waals surface area (Å²) in [7, 11) is 1.58. The van der Waals surface area contributed by atoms with Crippen LogP contribution >= 0.6 is 22.6 Å². The number of aliphatic carboxylic acids is 1. The fraction of sp³-hybridized carbons (Fsp3) is 0.562. The van der Waals surface area contributed by atoms with E-state index in [2.05, 4.69) is 22.6 Å². The Bertz CT molecular complexity index is 509. The van der Waals surface area contributed by atoms with E-state index in [9.17, 15) is 9.90 Å². The quantitative estimate of drug-likeness (QED) is 0.709. The Morgan fingerprint density at radius 1 is 1.43 bits per heavy atom. The van der Waals surface area contributed by atoms with Crippen molar-refractivity contribution in [1.29, 1.82) is 0 Å². The highest BCUT2D eigenvalue weighted by Gasteiger charge is 2.38. The van der Waals surface area contributed by atoms with Crippen LogP contribution in [0, 0.1) is 8.99 Å². The van der Waals surface area contributed by atoms with Gasteiger partial charge in [0.15, 0.2) is 0 Å². The first kappa shape index (κ1) is 16.5. The molecule has 1 aromatic rings. The number of methoxy groups -OCH3 is 1. The van der Waals surface area contributed by atoms with E-state index in [0.29, 0.717) is 12.2 Å². The number of hydrogen-bond donors (Lipinski definition) is 2. The minimum atomic E-state index is -0.779. The summed E-state index contributed by atoms with van der Waals surface area (Å²) in [5.74, 6) is -0.120. The lowest BCUT2D eigenvalue weighted by atomic mass is 9.76. The molecule has 0 amide bonds. The minimum absolute atomic E-state index is 0.135. The average Bonchev–Trinajstić information content (AvgIpc) is 2.85. The Balaban J connectivity index is 2.21. The van der Waals surface area contributed by atoms with Crippen LogP contribution in [-0.2, 0) is 4.79 Å². The largest absolute Gasteiger partial charge is 0.496 e. The number of ether oxygens (including phenoxy) is 1. The van der Waals surface area contributed by atoms with Crippen LogP contribution in [0.15, 0.2) is 18.2 Å². The van der Waals surface area contributed by atoms with Gasteiger partial charge in [-0.25, -0.2) is 0 Å². The third-order valence-electron chi connectivity index (χ3n) is 4.37. The molecule has 0 aliphatic heterocycles. The number of carboxylic acid groups (broad SMARTS) is 1. The molecule has 4 nitrogen and oxygen atoms in total. The standard InChI is InChI=1S/C16H21IO4/c1-21-14-5-4-11(17)8-12(14)13(18)9-16(10-15(19)20)6-2-3-7-16/h4-5,8,13,18H,2-3,6-7,9-10H2,1H3,(H,19,20). The van der Waals surface area contributed by atoms with Gasteiger partial charge >= 0.3 is 5.97 Å². The molecule has 2 rings (SSSR count). The highest BCUT2D eigenvalue weighted by atomic mass is 127. The van der Waals surface area contributed by atoms with E-state index in [-0.39, 0.29) is 11.8 Å². The molecule has 0 aromatic heterocycles. The lowest BCUT2D eigenvalue weighted by Gasteiger charge is -2.30. The summed E-state index contributed by atoms with van der Waals surface area (Å²) in [5, 5.41) is 19.8. The highest BCUT2D eigenvalue weighted by Crippen LogP contribution is 2.48. The van der Waals surface area contributed by atoms with Gasteiger partial charge in [0.25, 0.3) is 0 Å². The average molecular weight is 404 g/mol. The number of benzene rings is 1. The van der Waals surface area contributed by atoms with Crippen LogP contribution in [0.2, 0.25) is 0 Å². The van der Waals surface area contributed by atoms with Crippen molar-refractivity contribution >= 4 is 28.6 Å². The van der Waals surface area contributed by atoms with Crippen molar-refractivity contribution in [2.45, 2.75) is 44.6 Å². The zero-order chi connectivity index (χ0) is 15.5. The van der Waals surface area contributed by atoms with Crippen molar-refractivity contribution in [1.82, 2.24) is 0 Å². The second-order valence-electron chi connectivity index (χ2n) is 5.88. The first-order chi connectivity index (χ1) is 9.96. The maximum Gasteiger partial charge on any atom is 0.303 e. The smallest absolute Gasteiger partial charge is 0.303 e. The molecule has 0 saturated heterocycles. The molecule has 0 heterocycles. The molecule has 1 aromatic carbocycles. The predicted octanol–water partition coefficient (Wildman–Crippen LogP) is 3.76. The predicted molar refractivity (Wildman–Crippen MR) is 88.4 cm³/mol. The molecule has 1 aliphatic rings. The molecule has 5 heteroatoms. The summed E-state index contributed by atoms with van der Waals surface area (Å²) >= 11 is 2.20. The van der Waals surface area contributed by atoms with Crippen molar-refractivity contribution < 1.29 is 19.7 Å². The van der Waals surface area contributed by atoms with Crippen molar-refractivity contribution in [2.24, 2.45) is 5.41 Å². The van der Waals surface area contributed by atoms with Gasteiger partial charge in [-0.15, -0.1) is 0 Å². The number of halogens is 1. The summed E-state index contributed by atoms with van der Waals surface area (Å²) in [6.07, 6.45) is 3.77. The van der Waals surface area contributed by atoms with Crippen molar-refractivity contribution in [3.8, 4) is 5.75 Å². The number of hydrogen-bond acceptors (Lipinski definition) is 3. The van der Waals surface area contributed by atoms with Crippen LogP contribution in [0.3, 0.4) is 0 Å². The van der Waals surface area contributed by atoms with Gasteiger partial charge in [0, 0.05) is 9.13 Å². The van der Waals surface area contributed by atoms with E-state index in [4.69, 9.17) is 9.84 Å². The van der Waals surface area contributed by atoms with Gasteiger partial charge in [0.2, 0.25) is 0 Å². The second-order valence-corrected chi connectivity index (χ2v) is 7.13. The summed E-state index contributed by atoms with van der Waals surface area (Å²) in [5.41, 5.74) is 0.471. The van der Waals surface area contributed by atoms with Crippen LogP contribution < -0.4 is 4.74 Å². The van der Waals surface area contributed by atoms with Crippen molar-refractivity contribution in [3.05, 3.63) is 27.3 Å². The lowest BCUT2D eigenvalue weighted by molar-refractivity contribution is -0.140. The number of aliphatic hydroxyl groups excluding tert-OH is 1. The number of aliphatic hydroxyl groups is 1. The van der Waals surface area contributed by atoms with Crippen LogP contribution in [0.1, 0.15) is 50.2 Å². The molecule has 1 unspecified atom stereocenters. The van der Waals surface area contributed by atoms with Gasteiger partial charge in [0.1, 0.15) is 5.75 Å². The molecule has 1 atom stereocenters. The van der Waals surface area contributed by atoms with Crippen molar-refractivity contribution in [2.75, 3.05) is 7.11 Å². The van der Waals surface area contributed by atoms with E-state index >= 15 is 0 Å². The zero-order valence-corrected chi connectivity index (χ0v) is 14.3. The molecule has 0 bridgehead atoms. The Kier molecular flexibility index (Phi) is 5.48. The molecule has 0 radical (unpaired) electrons. The van der Waals surface area contributed by atoms with E-state index < -0.39 is 12.1 Å². The maximum atomic E-state index is 11.1. The van der Waals surface area contributed by atoms with Gasteiger partial charge in [-0.05, 0) is 65.5 Å². The summed E-state index contributed by atoms with van der Waals surface area (Å²) in [4.78, 5) is 11.1. The molecule has 21 heavy (non-hydrogen) atoms. The topological polar surface area (TPSA) is 66.8 Å². The fourth-order valence-corrected chi connectivity index (χ4v) is 3.90. The molecule has 1 aliphatic carbocycles. The van der Waals surface area contributed by atoms with Crippen LogP contribution in [-0.4, -0.2) is 23.3 Å².